The average Bonchev–Trinajstić information content (AvgIpc) is 3.08. The fraction of sp³-hybridized carbons (Fsp3) is 0.176. The zero-order chi connectivity index (χ0) is 18.0. The van der Waals surface area contributed by atoms with Crippen molar-refractivity contribution in [1.29, 1.82) is 0 Å². The first-order chi connectivity index (χ1) is 12.0. The molecule has 0 aliphatic heterocycles. The Hall–Kier alpha value is -1.60. The molecule has 0 atom stereocenters. The van der Waals surface area contributed by atoms with Gasteiger partial charge in [0.2, 0.25) is 0 Å². The SMILES string of the molecule is C=CCn1c(=NC(=O)c2cc(Cl)sc2Cl)sc2cc(OCC)ccc21. The highest BCUT2D eigenvalue weighted by atomic mass is 35.5. The van der Waals surface area contributed by atoms with Gasteiger partial charge in [-0.3, -0.25) is 4.79 Å². The van der Waals surface area contributed by atoms with E-state index in [1.54, 1.807) is 12.1 Å². The number of hydrogen-bond acceptors (Lipinski definition) is 4. The van der Waals surface area contributed by atoms with Gasteiger partial charge < -0.3 is 9.30 Å². The summed E-state index contributed by atoms with van der Waals surface area (Å²) in [6.07, 6.45) is 1.76. The van der Waals surface area contributed by atoms with Gasteiger partial charge in [0.1, 0.15) is 10.1 Å². The Bertz CT molecular complexity index is 1020. The number of hydrogen-bond donors (Lipinski definition) is 0. The van der Waals surface area contributed by atoms with Crippen LogP contribution in [0.2, 0.25) is 8.67 Å². The third kappa shape index (κ3) is 3.82. The van der Waals surface area contributed by atoms with Gasteiger partial charge in [-0.2, -0.15) is 4.99 Å². The molecule has 1 amide bonds. The number of fused-ring (bicyclic) bond motifs is 1. The maximum Gasteiger partial charge on any atom is 0.282 e. The zero-order valence-electron chi connectivity index (χ0n) is 13.3. The van der Waals surface area contributed by atoms with Crippen LogP contribution in [0.3, 0.4) is 0 Å². The van der Waals surface area contributed by atoms with Gasteiger partial charge in [0, 0.05) is 6.54 Å². The van der Waals surface area contributed by atoms with E-state index in [0.29, 0.717) is 32.2 Å². The summed E-state index contributed by atoms with van der Waals surface area (Å²) in [5, 5.41) is 0. The number of carbonyl (C=O) groups is 1. The van der Waals surface area contributed by atoms with Gasteiger partial charge in [-0.05, 0) is 31.2 Å². The fourth-order valence-corrected chi connectivity index (χ4v) is 4.85. The Morgan fingerprint density at radius 1 is 1.36 bits per heavy atom. The van der Waals surface area contributed by atoms with Gasteiger partial charge in [-0.25, -0.2) is 0 Å². The van der Waals surface area contributed by atoms with Crippen LogP contribution in [0.15, 0.2) is 41.9 Å². The number of allylic oxidation sites excluding steroid dienone is 1. The van der Waals surface area contributed by atoms with Crippen LogP contribution < -0.4 is 9.54 Å². The number of nitrogens with zero attached hydrogens (tertiary/aromatic N) is 2. The highest BCUT2D eigenvalue weighted by Crippen LogP contribution is 2.31. The fourth-order valence-electron chi connectivity index (χ4n) is 2.33. The minimum Gasteiger partial charge on any atom is -0.494 e. The maximum atomic E-state index is 12.5. The lowest BCUT2D eigenvalue weighted by molar-refractivity contribution is 0.0998. The molecule has 2 heterocycles. The van der Waals surface area contributed by atoms with Crippen molar-refractivity contribution in [2.45, 2.75) is 13.5 Å². The van der Waals surface area contributed by atoms with Crippen molar-refractivity contribution in [2.75, 3.05) is 6.61 Å². The largest absolute Gasteiger partial charge is 0.494 e. The van der Waals surface area contributed by atoms with Gasteiger partial charge in [-0.15, -0.1) is 17.9 Å². The van der Waals surface area contributed by atoms with E-state index in [0.717, 1.165) is 27.3 Å². The molecule has 4 nitrogen and oxygen atoms in total. The Morgan fingerprint density at radius 2 is 2.16 bits per heavy atom. The third-order valence-corrected chi connectivity index (χ3v) is 5.89. The van der Waals surface area contributed by atoms with E-state index in [2.05, 4.69) is 11.6 Å². The summed E-state index contributed by atoms with van der Waals surface area (Å²) in [4.78, 5) is 17.3. The lowest BCUT2D eigenvalue weighted by Gasteiger charge is -2.04. The van der Waals surface area contributed by atoms with Crippen LogP contribution in [0.5, 0.6) is 5.75 Å². The first-order valence-corrected chi connectivity index (χ1v) is 9.83. The van der Waals surface area contributed by atoms with Crippen molar-refractivity contribution in [1.82, 2.24) is 4.57 Å². The molecule has 2 aromatic heterocycles. The summed E-state index contributed by atoms with van der Waals surface area (Å²) in [7, 11) is 0. The first kappa shape index (κ1) is 18.2. The number of rotatable bonds is 5. The molecule has 0 fully saturated rings. The second-order valence-electron chi connectivity index (χ2n) is 5.00. The number of thiophene rings is 1. The number of carbonyl (C=O) groups excluding carboxylic acids is 1. The van der Waals surface area contributed by atoms with Crippen LogP contribution in [-0.4, -0.2) is 17.1 Å². The number of thiazole rings is 1. The molecular formula is C17H14Cl2N2O2S2. The molecule has 130 valence electrons. The van der Waals surface area contributed by atoms with E-state index in [1.165, 1.54) is 11.3 Å². The lowest BCUT2D eigenvalue weighted by atomic mass is 10.3. The van der Waals surface area contributed by atoms with Gasteiger partial charge >= 0.3 is 0 Å². The van der Waals surface area contributed by atoms with Crippen molar-refractivity contribution >= 4 is 62.0 Å². The van der Waals surface area contributed by atoms with Crippen LogP contribution in [0.25, 0.3) is 10.2 Å². The first-order valence-electron chi connectivity index (χ1n) is 7.44. The van der Waals surface area contributed by atoms with Gasteiger partial charge in [0.15, 0.2) is 4.80 Å². The Labute approximate surface area is 162 Å². The molecular weight excluding hydrogens is 399 g/mol. The second-order valence-corrected chi connectivity index (χ2v) is 8.30. The number of aromatic nitrogens is 1. The minimum atomic E-state index is -0.414. The zero-order valence-corrected chi connectivity index (χ0v) is 16.4. The summed E-state index contributed by atoms with van der Waals surface area (Å²) < 4.78 is 9.25. The molecule has 1 aromatic carbocycles. The molecule has 3 rings (SSSR count). The number of halogens is 2. The van der Waals surface area contributed by atoms with Gasteiger partial charge in [0.05, 0.1) is 26.7 Å². The van der Waals surface area contributed by atoms with Crippen LogP contribution in [0.1, 0.15) is 17.3 Å². The van der Waals surface area contributed by atoms with Crippen LogP contribution in [0.4, 0.5) is 0 Å². The molecule has 0 aliphatic carbocycles. The number of benzene rings is 1. The van der Waals surface area contributed by atoms with E-state index in [4.69, 9.17) is 27.9 Å². The molecule has 0 spiro atoms. The summed E-state index contributed by atoms with van der Waals surface area (Å²) in [5.41, 5.74) is 1.28. The molecule has 3 aromatic rings. The maximum absolute atomic E-state index is 12.5. The normalized spacial score (nSPS) is 11.9. The van der Waals surface area contributed by atoms with Gasteiger partial charge in [-0.1, -0.05) is 40.6 Å². The van der Waals surface area contributed by atoms with Crippen LogP contribution >= 0.6 is 45.9 Å². The summed E-state index contributed by atoms with van der Waals surface area (Å²) in [6.45, 7) is 6.85. The van der Waals surface area contributed by atoms with E-state index >= 15 is 0 Å². The van der Waals surface area contributed by atoms with E-state index in [1.807, 2.05) is 29.7 Å². The summed E-state index contributed by atoms with van der Waals surface area (Å²) in [5.74, 6) is 0.370. The van der Waals surface area contributed by atoms with Crippen LogP contribution in [-0.2, 0) is 6.54 Å². The van der Waals surface area contributed by atoms with Crippen molar-refractivity contribution < 1.29 is 9.53 Å². The highest BCUT2D eigenvalue weighted by molar-refractivity contribution is 7.20. The third-order valence-electron chi connectivity index (χ3n) is 3.36. The monoisotopic (exact) mass is 412 g/mol. The van der Waals surface area contributed by atoms with E-state index in [9.17, 15) is 4.79 Å². The lowest BCUT2D eigenvalue weighted by Crippen LogP contribution is -2.16. The Balaban J connectivity index is 2.13. The van der Waals surface area contributed by atoms with Crippen molar-refractivity contribution in [3.63, 3.8) is 0 Å². The molecule has 0 saturated heterocycles. The molecule has 8 heteroatoms. The molecule has 0 unspecified atom stereocenters. The smallest absolute Gasteiger partial charge is 0.282 e. The topological polar surface area (TPSA) is 43.6 Å². The second kappa shape index (κ2) is 7.74. The molecule has 25 heavy (non-hydrogen) atoms. The predicted octanol–water partition coefficient (Wildman–Crippen LogP) is 5.40. The molecule has 0 aliphatic rings. The quantitative estimate of drug-likeness (QED) is 0.526. The molecule has 0 saturated carbocycles. The van der Waals surface area contributed by atoms with E-state index < -0.39 is 5.91 Å². The van der Waals surface area contributed by atoms with Crippen LogP contribution in [0, 0.1) is 0 Å². The average molecular weight is 413 g/mol. The standard InChI is InChI=1S/C17H14Cl2N2O2S2/c1-3-7-21-12-6-5-10(23-4-2)8-13(12)24-17(21)20-16(22)11-9-14(18)25-15(11)19/h3,5-6,8-9H,1,4,7H2,2H3. The van der Waals surface area contributed by atoms with Crippen molar-refractivity contribution in [2.24, 2.45) is 4.99 Å². The minimum absolute atomic E-state index is 0.314. The van der Waals surface area contributed by atoms with Gasteiger partial charge in [0.25, 0.3) is 5.91 Å². The van der Waals surface area contributed by atoms with Crippen molar-refractivity contribution in [3.8, 4) is 5.75 Å². The molecule has 0 N–H and O–H groups in total. The molecule has 0 bridgehead atoms. The Kier molecular flexibility index (Phi) is 5.64. The number of amides is 1. The van der Waals surface area contributed by atoms with E-state index in [-0.39, 0.29) is 0 Å². The predicted molar refractivity (Wildman–Crippen MR) is 105 cm³/mol. The number of ether oxygens (including phenoxy) is 1. The summed E-state index contributed by atoms with van der Waals surface area (Å²) >= 11 is 14.5. The summed E-state index contributed by atoms with van der Waals surface area (Å²) in [6, 6.07) is 7.34. The van der Waals surface area contributed by atoms with Crippen molar-refractivity contribution in [3.05, 3.63) is 56.0 Å². The Morgan fingerprint density at radius 3 is 2.80 bits per heavy atom. The molecule has 0 radical (unpaired) electrons. The highest BCUT2D eigenvalue weighted by Gasteiger charge is 2.15.